The summed E-state index contributed by atoms with van der Waals surface area (Å²) in [7, 11) is 0. The first-order chi connectivity index (χ1) is 10.2. The molecule has 3 rings (SSSR count). The molecular weight excluding hydrogens is 264 g/mol. The standard InChI is InChI=1S/C17H30N2O2/c1-13-9-15(6-8-21-13)11-19-7-2-3-16(12-19)17(20)18-10-14-4-5-14/h13-16H,2-12H2,1H3,(H,18,20)/t13-,15-,16-/m1/s1. The minimum absolute atomic E-state index is 0.217. The van der Waals surface area contributed by atoms with E-state index in [0.29, 0.717) is 12.0 Å². The zero-order valence-corrected chi connectivity index (χ0v) is 13.4. The minimum Gasteiger partial charge on any atom is -0.378 e. The van der Waals surface area contributed by atoms with Crippen molar-refractivity contribution in [2.45, 2.75) is 51.6 Å². The predicted molar refractivity (Wildman–Crippen MR) is 83.0 cm³/mol. The molecule has 0 aromatic carbocycles. The Balaban J connectivity index is 1.42. The van der Waals surface area contributed by atoms with Crippen molar-refractivity contribution in [1.29, 1.82) is 0 Å². The second-order valence-electron chi connectivity index (χ2n) is 7.36. The second kappa shape index (κ2) is 7.10. The third kappa shape index (κ3) is 4.68. The fourth-order valence-corrected chi connectivity index (χ4v) is 3.77. The third-order valence-electron chi connectivity index (χ3n) is 5.25. The molecule has 2 heterocycles. The van der Waals surface area contributed by atoms with E-state index in [4.69, 9.17) is 4.74 Å². The maximum Gasteiger partial charge on any atom is 0.224 e. The Bertz CT molecular complexity index is 357. The second-order valence-corrected chi connectivity index (χ2v) is 7.36. The number of piperidine rings is 1. The average molecular weight is 294 g/mol. The highest BCUT2D eigenvalue weighted by Crippen LogP contribution is 2.28. The molecule has 0 spiro atoms. The lowest BCUT2D eigenvalue weighted by molar-refractivity contribution is -0.127. The van der Waals surface area contributed by atoms with E-state index in [2.05, 4.69) is 17.1 Å². The molecule has 1 aliphatic carbocycles. The summed E-state index contributed by atoms with van der Waals surface area (Å²) < 4.78 is 5.63. The van der Waals surface area contributed by atoms with Crippen LogP contribution in [-0.4, -0.2) is 49.7 Å². The fraction of sp³-hybridized carbons (Fsp3) is 0.941. The summed E-state index contributed by atoms with van der Waals surface area (Å²) >= 11 is 0. The van der Waals surface area contributed by atoms with Crippen LogP contribution >= 0.6 is 0 Å². The average Bonchev–Trinajstić information content (AvgIpc) is 3.29. The van der Waals surface area contributed by atoms with E-state index in [1.54, 1.807) is 0 Å². The number of amides is 1. The van der Waals surface area contributed by atoms with Crippen molar-refractivity contribution in [2.75, 3.05) is 32.8 Å². The lowest BCUT2D eigenvalue weighted by atomic mass is 9.92. The maximum absolute atomic E-state index is 12.3. The van der Waals surface area contributed by atoms with E-state index >= 15 is 0 Å². The SMILES string of the molecule is C[C@@H]1C[C@H](CN2CCC[C@@H](C(=O)NCC3CC3)C2)CCO1. The zero-order valence-electron chi connectivity index (χ0n) is 13.4. The van der Waals surface area contributed by atoms with Gasteiger partial charge < -0.3 is 15.0 Å². The Morgan fingerprint density at radius 1 is 1.24 bits per heavy atom. The molecule has 0 unspecified atom stereocenters. The van der Waals surface area contributed by atoms with Crippen LogP contribution in [0.2, 0.25) is 0 Å². The Morgan fingerprint density at radius 2 is 2.10 bits per heavy atom. The van der Waals surface area contributed by atoms with Crippen LogP contribution in [0.4, 0.5) is 0 Å². The number of nitrogens with zero attached hydrogens (tertiary/aromatic N) is 1. The summed E-state index contributed by atoms with van der Waals surface area (Å²) in [6.07, 6.45) is 7.61. The van der Waals surface area contributed by atoms with Crippen LogP contribution in [0.5, 0.6) is 0 Å². The smallest absolute Gasteiger partial charge is 0.224 e. The Hall–Kier alpha value is -0.610. The molecule has 4 nitrogen and oxygen atoms in total. The lowest BCUT2D eigenvalue weighted by Crippen LogP contribution is -2.45. The fourth-order valence-electron chi connectivity index (χ4n) is 3.77. The molecule has 3 aliphatic rings. The van der Waals surface area contributed by atoms with Gasteiger partial charge in [-0.1, -0.05) is 0 Å². The lowest BCUT2D eigenvalue weighted by Gasteiger charge is -2.36. The molecule has 120 valence electrons. The van der Waals surface area contributed by atoms with Crippen molar-refractivity contribution in [3.8, 4) is 0 Å². The molecular formula is C17H30N2O2. The zero-order chi connectivity index (χ0) is 14.7. The normalized spacial score (nSPS) is 34.6. The van der Waals surface area contributed by atoms with Crippen molar-refractivity contribution in [2.24, 2.45) is 17.8 Å². The number of hydrogen-bond donors (Lipinski definition) is 1. The Morgan fingerprint density at radius 3 is 2.86 bits per heavy atom. The number of nitrogens with one attached hydrogen (secondary N) is 1. The van der Waals surface area contributed by atoms with Gasteiger partial charge in [0, 0.05) is 26.2 Å². The van der Waals surface area contributed by atoms with Gasteiger partial charge in [0.25, 0.3) is 0 Å². The summed E-state index contributed by atoms with van der Waals surface area (Å²) in [6.45, 7) is 7.27. The number of ether oxygens (including phenoxy) is 1. The van der Waals surface area contributed by atoms with E-state index in [1.165, 1.54) is 32.1 Å². The molecule has 3 fully saturated rings. The first-order valence-corrected chi connectivity index (χ1v) is 8.82. The van der Waals surface area contributed by atoms with E-state index in [0.717, 1.165) is 51.0 Å². The minimum atomic E-state index is 0.217. The van der Waals surface area contributed by atoms with Gasteiger partial charge in [0.1, 0.15) is 0 Å². The van der Waals surface area contributed by atoms with Gasteiger partial charge in [-0.2, -0.15) is 0 Å². The number of carbonyl (C=O) groups excluding carboxylic acids is 1. The van der Waals surface area contributed by atoms with Crippen LogP contribution in [0.25, 0.3) is 0 Å². The molecule has 21 heavy (non-hydrogen) atoms. The van der Waals surface area contributed by atoms with Gasteiger partial charge in [-0.3, -0.25) is 4.79 Å². The third-order valence-corrected chi connectivity index (χ3v) is 5.25. The van der Waals surface area contributed by atoms with Gasteiger partial charge in [0.05, 0.1) is 12.0 Å². The van der Waals surface area contributed by atoms with Crippen LogP contribution in [0.3, 0.4) is 0 Å². The van der Waals surface area contributed by atoms with Gasteiger partial charge in [-0.15, -0.1) is 0 Å². The first-order valence-electron chi connectivity index (χ1n) is 8.82. The molecule has 3 atom stereocenters. The molecule has 2 aliphatic heterocycles. The van der Waals surface area contributed by atoms with Crippen LogP contribution in [0.15, 0.2) is 0 Å². The number of likely N-dealkylation sites (tertiary alicyclic amines) is 1. The highest BCUT2D eigenvalue weighted by atomic mass is 16.5. The summed E-state index contributed by atoms with van der Waals surface area (Å²) in [6, 6.07) is 0. The number of hydrogen-bond acceptors (Lipinski definition) is 3. The van der Waals surface area contributed by atoms with Gasteiger partial charge in [0.15, 0.2) is 0 Å². The molecule has 1 saturated carbocycles. The maximum atomic E-state index is 12.3. The number of rotatable bonds is 5. The van der Waals surface area contributed by atoms with Crippen molar-refractivity contribution in [1.82, 2.24) is 10.2 Å². The van der Waals surface area contributed by atoms with Crippen LogP contribution in [0.1, 0.15) is 45.4 Å². The summed E-state index contributed by atoms with van der Waals surface area (Å²) in [5, 5.41) is 3.16. The molecule has 4 heteroatoms. The summed E-state index contributed by atoms with van der Waals surface area (Å²) in [5.41, 5.74) is 0. The van der Waals surface area contributed by atoms with Gasteiger partial charge in [-0.25, -0.2) is 0 Å². The largest absolute Gasteiger partial charge is 0.378 e. The molecule has 1 N–H and O–H groups in total. The monoisotopic (exact) mass is 294 g/mol. The van der Waals surface area contributed by atoms with E-state index in [1.807, 2.05) is 0 Å². The first kappa shape index (κ1) is 15.3. The summed E-state index contributed by atoms with van der Waals surface area (Å²) in [4.78, 5) is 14.8. The Labute approximate surface area is 128 Å². The van der Waals surface area contributed by atoms with Gasteiger partial charge in [0.2, 0.25) is 5.91 Å². The van der Waals surface area contributed by atoms with Crippen molar-refractivity contribution in [3.05, 3.63) is 0 Å². The molecule has 0 aromatic heterocycles. The van der Waals surface area contributed by atoms with E-state index < -0.39 is 0 Å². The summed E-state index contributed by atoms with van der Waals surface area (Å²) in [5.74, 6) is 2.04. The molecule has 0 aromatic rings. The van der Waals surface area contributed by atoms with Crippen LogP contribution in [-0.2, 0) is 9.53 Å². The quantitative estimate of drug-likeness (QED) is 0.843. The Kier molecular flexibility index (Phi) is 5.17. The van der Waals surface area contributed by atoms with Crippen molar-refractivity contribution in [3.63, 3.8) is 0 Å². The van der Waals surface area contributed by atoms with Gasteiger partial charge in [-0.05, 0) is 63.8 Å². The number of carbonyl (C=O) groups is 1. The highest BCUT2D eigenvalue weighted by molar-refractivity contribution is 5.79. The highest BCUT2D eigenvalue weighted by Gasteiger charge is 2.29. The van der Waals surface area contributed by atoms with Crippen molar-refractivity contribution < 1.29 is 9.53 Å². The van der Waals surface area contributed by atoms with Crippen molar-refractivity contribution >= 4 is 5.91 Å². The molecule has 2 saturated heterocycles. The topological polar surface area (TPSA) is 41.6 Å². The van der Waals surface area contributed by atoms with Crippen LogP contribution < -0.4 is 5.32 Å². The molecule has 0 radical (unpaired) electrons. The van der Waals surface area contributed by atoms with Gasteiger partial charge >= 0.3 is 0 Å². The van der Waals surface area contributed by atoms with E-state index in [-0.39, 0.29) is 5.92 Å². The molecule has 1 amide bonds. The van der Waals surface area contributed by atoms with E-state index in [9.17, 15) is 4.79 Å². The predicted octanol–water partition coefficient (Wildman–Crippen LogP) is 2.04. The van der Waals surface area contributed by atoms with Crippen LogP contribution in [0, 0.1) is 17.8 Å². The molecule has 0 bridgehead atoms.